The van der Waals surface area contributed by atoms with Gasteiger partial charge < -0.3 is 14.6 Å². The van der Waals surface area contributed by atoms with Crippen molar-refractivity contribution in [3.05, 3.63) is 75.9 Å². The Hall–Kier alpha value is -3.86. The molecule has 7 nitrogen and oxygen atoms in total. The Kier molecular flexibility index (Phi) is 6.76. The summed E-state index contributed by atoms with van der Waals surface area (Å²) in [4.78, 5) is 29.4. The predicted octanol–water partition coefficient (Wildman–Crippen LogP) is 6.62. The standard InChI is InChI=1S/C26H23F3N2O5S/c1-14-21(31-10-9-15(23(32)33)11-20(31)30-14)19-12-18(22(37-19)24(34)36-25(2,3)4)35-13-16-7-5-6-8-17(16)26(27,28)29/h5-12H,13H2,1-4H3,(H,32,33). The summed E-state index contributed by atoms with van der Waals surface area (Å²) in [5.41, 5.74) is -0.103. The number of hydrogen-bond donors (Lipinski definition) is 1. The summed E-state index contributed by atoms with van der Waals surface area (Å²) in [7, 11) is 0. The van der Waals surface area contributed by atoms with Gasteiger partial charge in [-0.25, -0.2) is 14.6 Å². The van der Waals surface area contributed by atoms with Crippen molar-refractivity contribution >= 4 is 28.9 Å². The number of thiophene rings is 1. The molecule has 0 amide bonds. The molecule has 1 N–H and O–H groups in total. The average Bonchev–Trinajstić information content (AvgIpc) is 3.35. The van der Waals surface area contributed by atoms with Crippen LogP contribution in [0.25, 0.3) is 16.2 Å². The zero-order valence-electron chi connectivity index (χ0n) is 20.3. The number of fused-ring (bicyclic) bond motifs is 1. The molecule has 0 saturated carbocycles. The molecule has 3 aromatic heterocycles. The number of carbonyl (C=O) groups is 2. The van der Waals surface area contributed by atoms with Gasteiger partial charge in [-0.3, -0.25) is 4.40 Å². The van der Waals surface area contributed by atoms with E-state index in [-0.39, 0.29) is 21.8 Å². The molecule has 0 radical (unpaired) electrons. The number of benzene rings is 1. The highest BCUT2D eigenvalue weighted by atomic mass is 32.1. The number of aromatic carboxylic acids is 1. The van der Waals surface area contributed by atoms with Gasteiger partial charge in [-0.15, -0.1) is 11.3 Å². The first kappa shape index (κ1) is 26.2. The van der Waals surface area contributed by atoms with Crippen LogP contribution < -0.4 is 4.74 Å². The number of carboxylic acid groups (broad SMARTS) is 1. The number of hydrogen-bond acceptors (Lipinski definition) is 6. The fourth-order valence-electron chi connectivity index (χ4n) is 3.74. The highest BCUT2D eigenvalue weighted by Crippen LogP contribution is 2.40. The largest absolute Gasteiger partial charge is 0.487 e. The fourth-order valence-corrected chi connectivity index (χ4v) is 4.81. The van der Waals surface area contributed by atoms with Crippen molar-refractivity contribution in [1.29, 1.82) is 0 Å². The van der Waals surface area contributed by atoms with Crippen LogP contribution in [0.15, 0.2) is 48.7 Å². The van der Waals surface area contributed by atoms with E-state index in [2.05, 4.69) is 4.98 Å². The lowest BCUT2D eigenvalue weighted by molar-refractivity contribution is -0.138. The van der Waals surface area contributed by atoms with Crippen molar-refractivity contribution in [2.75, 3.05) is 0 Å². The molecule has 0 aliphatic rings. The van der Waals surface area contributed by atoms with E-state index in [1.165, 1.54) is 30.3 Å². The molecule has 4 rings (SSSR count). The van der Waals surface area contributed by atoms with Gasteiger partial charge in [-0.2, -0.15) is 13.2 Å². The molecule has 0 aliphatic heterocycles. The lowest BCUT2D eigenvalue weighted by Crippen LogP contribution is -2.23. The highest BCUT2D eigenvalue weighted by molar-refractivity contribution is 7.17. The van der Waals surface area contributed by atoms with Gasteiger partial charge in [-0.05, 0) is 45.9 Å². The second-order valence-electron chi connectivity index (χ2n) is 9.24. The normalized spacial score (nSPS) is 12.1. The van der Waals surface area contributed by atoms with Crippen molar-refractivity contribution < 1.29 is 37.3 Å². The maximum Gasteiger partial charge on any atom is 0.416 e. The summed E-state index contributed by atoms with van der Waals surface area (Å²) in [5.74, 6) is -1.70. The Balaban J connectivity index is 1.77. The Morgan fingerprint density at radius 2 is 1.81 bits per heavy atom. The molecule has 37 heavy (non-hydrogen) atoms. The number of aromatic nitrogens is 2. The first-order valence-electron chi connectivity index (χ1n) is 11.1. The number of alkyl halides is 3. The van der Waals surface area contributed by atoms with Gasteiger partial charge in [0.15, 0.2) is 4.88 Å². The zero-order valence-corrected chi connectivity index (χ0v) is 21.2. The van der Waals surface area contributed by atoms with Crippen LogP contribution >= 0.6 is 11.3 Å². The van der Waals surface area contributed by atoms with Gasteiger partial charge in [0.1, 0.15) is 23.6 Å². The Bertz CT molecular complexity index is 1500. The van der Waals surface area contributed by atoms with Crippen molar-refractivity contribution in [3.8, 4) is 16.3 Å². The zero-order chi connectivity index (χ0) is 27.1. The second kappa shape index (κ2) is 9.55. The van der Waals surface area contributed by atoms with E-state index in [9.17, 15) is 27.9 Å². The topological polar surface area (TPSA) is 90.1 Å². The van der Waals surface area contributed by atoms with Gasteiger partial charge in [0.05, 0.1) is 27.4 Å². The molecule has 0 fully saturated rings. The number of esters is 1. The van der Waals surface area contributed by atoms with E-state index < -0.39 is 35.9 Å². The summed E-state index contributed by atoms with van der Waals surface area (Å²) in [6, 6.07) is 9.47. The van der Waals surface area contributed by atoms with E-state index in [0.717, 1.165) is 17.4 Å². The molecule has 1 aromatic carbocycles. The molecular formula is C26H23F3N2O5S. The Morgan fingerprint density at radius 1 is 1.11 bits per heavy atom. The smallest absolute Gasteiger partial charge is 0.416 e. The number of imidazole rings is 1. The predicted molar refractivity (Wildman–Crippen MR) is 131 cm³/mol. The van der Waals surface area contributed by atoms with Gasteiger partial charge in [0.2, 0.25) is 0 Å². The molecule has 0 atom stereocenters. The van der Waals surface area contributed by atoms with E-state index in [1.807, 2.05) is 0 Å². The third-order valence-corrected chi connectivity index (χ3v) is 6.37. The van der Waals surface area contributed by atoms with Crippen LogP contribution in [-0.4, -0.2) is 32.0 Å². The first-order chi connectivity index (χ1) is 17.2. The maximum atomic E-state index is 13.5. The van der Waals surface area contributed by atoms with Crippen LogP contribution in [-0.2, 0) is 17.5 Å². The SMILES string of the molecule is Cc1nc2cc(C(=O)O)ccn2c1-c1cc(OCc2ccccc2C(F)(F)F)c(C(=O)OC(C)(C)C)s1. The molecule has 3 heterocycles. The molecular weight excluding hydrogens is 509 g/mol. The molecule has 4 aromatic rings. The summed E-state index contributed by atoms with van der Waals surface area (Å²) in [5, 5.41) is 9.28. The van der Waals surface area contributed by atoms with E-state index in [0.29, 0.717) is 21.9 Å². The molecule has 0 aliphatic carbocycles. The Labute approximate surface area is 214 Å². The molecule has 0 unspecified atom stereocenters. The van der Waals surface area contributed by atoms with Crippen molar-refractivity contribution in [3.63, 3.8) is 0 Å². The summed E-state index contributed by atoms with van der Waals surface area (Å²) < 4.78 is 53.3. The minimum atomic E-state index is -4.56. The summed E-state index contributed by atoms with van der Waals surface area (Å²) >= 11 is 1.05. The van der Waals surface area contributed by atoms with Crippen molar-refractivity contribution in [1.82, 2.24) is 9.38 Å². The number of pyridine rings is 1. The maximum absolute atomic E-state index is 13.5. The monoisotopic (exact) mass is 532 g/mol. The minimum absolute atomic E-state index is 0.0667. The van der Waals surface area contributed by atoms with Gasteiger partial charge in [-0.1, -0.05) is 18.2 Å². The second-order valence-corrected chi connectivity index (χ2v) is 10.3. The molecule has 0 saturated heterocycles. The van der Waals surface area contributed by atoms with Crippen LogP contribution in [0.3, 0.4) is 0 Å². The third kappa shape index (κ3) is 5.61. The number of ether oxygens (including phenoxy) is 2. The number of halogens is 3. The third-order valence-electron chi connectivity index (χ3n) is 5.27. The van der Waals surface area contributed by atoms with Gasteiger partial charge in [0.25, 0.3) is 0 Å². The molecule has 0 spiro atoms. The van der Waals surface area contributed by atoms with Crippen LogP contribution in [0.1, 0.15) is 57.6 Å². The number of rotatable bonds is 6. The fraction of sp³-hybridized carbons (Fsp3) is 0.269. The molecule has 0 bridgehead atoms. The van der Waals surface area contributed by atoms with E-state index in [1.54, 1.807) is 44.4 Å². The first-order valence-corrected chi connectivity index (χ1v) is 11.9. The summed E-state index contributed by atoms with van der Waals surface area (Å²) in [6.07, 6.45) is -3.00. The van der Waals surface area contributed by atoms with Gasteiger partial charge in [0, 0.05) is 17.8 Å². The molecule has 11 heteroatoms. The van der Waals surface area contributed by atoms with Crippen molar-refractivity contribution in [2.24, 2.45) is 0 Å². The quantitative estimate of drug-likeness (QED) is 0.281. The van der Waals surface area contributed by atoms with E-state index in [4.69, 9.17) is 9.47 Å². The van der Waals surface area contributed by atoms with Crippen molar-refractivity contribution in [2.45, 2.75) is 46.1 Å². The van der Waals surface area contributed by atoms with Crippen LogP contribution in [0.4, 0.5) is 13.2 Å². The highest BCUT2D eigenvalue weighted by Gasteiger charge is 2.33. The summed E-state index contributed by atoms with van der Waals surface area (Å²) in [6.45, 7) is 6.42. The van der Waals surface area contributed by atoms with Crippen LogP contribution in [0.5, 0.6) is 5.75 Å². The van der Waals surface area contributed by atoms with Crippen LogP contribution in [0, 0.1) is 6.92 Å². The van der Waals surface area contributed by atoms with E-state index >= 15 is 0 Å². The molecule has 194 valence electrons. The van der Waals surface area contributed by atoms with Gasteiger partial charge >= 0.3 is 18.1 Å². The minimum Gasteiger partial charge on any atom is -0.487 e. The number of nitrogens with zero attached hydrogens (tertiary/aromatic N) is 2. The number of carboxylic acids is 1. The lowest BCUT2D eigenvalue weighted by atomic mass is 10.1. The Morgan fingerprint density at radius 3 is 2.46 bits per heavy atom. The lowest BCUT2D eigenvalue weighted by Gasteiger charge is -2.19. The average molecular weight is 533 g/mol. The number of aryl methyl sites for hydroxylation is 1. The van der Waals surface area contributed by atoms with Crippen LogP contribution in [0.2, 0.25) is 0 Å². The number of carbonyl (C=O) groups excluding carboxylic acids is 1.